The molecule has 0 saturated heterocycles. The number of rotatable bonds is 3. The summed E-state index contributed by atoms with van der Waals surface area (Å²) in [4.78, 5) is 11.1. The van der Waals surface area contributed by atoms with Gasteiger partial charge in [0, 0.05) is 11.7 Å². The summed E-state index contributed by atoms with van der Waals surface area (Å²) < 4.78 is 0. The molecule has 0 aliphatic heterocycles. The second-order valence-corrected chi connectivity index (χ2v) is 7.83. The Kier molecular flexibility index (Phi) is 3.09. The van der Waals surface area contributed by atoms with Crippen LogP contribution < -0.4 is 5.32 Å². The first-order chi connectivity index (χ1) is 9.74. The molecule has 0 spiro atoms. The molecule has 3 nitrogen and oxygen atoms in total. The van der Waals surface area contributed by atoms with E-state index in [-0.39, 0.29) is 0 Å². The number of carboxylic acid groups (broad SMARTS) is 1. The Balaban J connectivity index is 1.87. The first-order valence-electron chi connectivity index (χ1n) is 7.84. The Morgan fingerprint density at radius 2 is 2.05 bits per heavy atom. The summed E-state index contributed by atoms with van der Waals surface area (Å²) in [5, 5.41) is 12.8. The van der Waals surface area contributed by atoms with Crippen LogP contribution in [0.25, 0.3) is 0 Å². The van der Waals surface area contributed by atoms with E-state index < -0.39 is 5.97 Å². The van der Waals surface area contributed by atoms with Crippen molar-refractivity contribution < 1.29 is 9.90 Å². The lowest BCUT2D eigenvalue weighted by Crippen LogP contribution is -2.45. The fourth-order valence-electron chi connectivity index (χ4n) is 4.82. The SMILES string of the molecule is Cc1cc(NC2C3(C)CCC(C3)C2(C)C)ccc1C(=O)O. The zero-order valence-electron chi connectivity index (χ0n) is 13.4. The molecule has 2 bridgehead atoms. The maximum absolute atomic E-state index is 11.1. The summed E-state index contributed by atoms with van der Waals surface area (Å²) in [6.07, 6.45) is 3.95. The van der Waals surface area contributed by atoms with Gasteiger partial charge in [0.25, 0.3) is 0 Å². The third-order valence-electron chi connectivity index (χ3n) is 6.04. The minimum absolute atomic E-state index is 0.298. The Morgan fingerprint density at radius 3 is 2.57 bits per heavy atom. The van der Waals surface area contributed by atoms with Crippen molar-refractivity contribution in [2.45, 2.75) is 53.0 Å². The van der Waals surface area contributed by atoms with Crippen molar-refractivity contribution in [3.05, 3.63) is 29.3 Å². The quantitative estimate of drug-likeness (QED) is 0.870. The van der Waals surface area contributed by atoms with E-state index in [2.05, 4.69) is 26.1 Å². The zero-order valence-corrected chi connectivity index (χ0v) is 13.4. The largest absolute Gasteiger partial charge is 0.478 e. The summed E-state index contributed by atoms with van der Waals surface area (Å²) in [6.45, 7) is 9.01. The van der Waals surface area contributed by atoms with Gasteiger partial charge in [0.1, 0.15) is 0 Å². The van der Waals surface area contributed by atoms with E-state index in [4.69, 9.17) is 5.11 Å². The number of carbonyl (C=O) groups is 1. The summed E-state index contributed by atoms with van der Waals surface area (Å²) in [6, 6.07) is 6.04. The van der Waals surface area contributed by atoms with Crippen LogP contribution in [0, 0.1) is 23.7 Å². The van der Waals surface area contributed by atoms with Gasteiger partial charge >= 0.3 is 5.97 Å². The molecule has 2 aliphatic carbocycles. The van der Waals surface area contributed by atoms with Crippen LogP contribution in [-0.2, 0) is 0 Å². The maximum atomic E-state index is 11.1. The molecule has 0 radical (unpaired) electrons. The van der Waals surface area contributed by atoms with Gasteiger partial charge in [-0.3, -0.25) is 0 Å². The van der Waals surface area contributed by atoms with Gasteiger partial charge in [-0.2, -0.15) is 0 Å². The number of nitrogens with one attached hydrogen (secondary N) is 1. The minimum Gasteiger partial charge on any atom is -0.478 e. The molecule has 114 valence electrons. The second-order valence-electron chi connectivity index (χ2n) is 7.83. The minimum atomic E-state index is -0.855. The molecule has 0 heterocycles. The number of carboxylic acids is 1. The highest BCUT2D eigenvalue weighted by atomic mass is 16.4. The van der Waals surface area contributed by atoms with Crippen LogP contribution in [0.5, 0.6) is 0 Å². The Morgan fingerprint density at radius 1 is 1.33 bits per heavy atom. The van der Waals surface area contributed by atoms with Crippen LogP contribution >= 0.6 is 0 Å². The first kappa shape index (κ1) is 14.4. The second kappa shape index (κ2) is 4.49. The normalized spacial score (nSPS) is 33.1. The fraction of sp³-hybridized carbons (Fsp3) is 0.611. The monoisotopic (exact) mass is 287 g/mol. The van der Waals surface area contributed by atoms with Crippen LogP contribution in [0.4, 0.5) is 5.69 Å². The van der Waals surface area contributed by atoms with Crippen LogP contribution in [0.15, 0.2) is 18.2 Å². The number of hydrogen-bond donors (Lipinski definition) is 2. The Bertz CT molecular complexity index is 588. The topological polar surface area (TPSA) is 49.3 Å². The van der Waals surface area contributed by atoms with E-state index in [1.54, 1.807) is 6.07 Å². The lowest BCUT2D eigenvalue weighted by Gasteiger charge is -2.43. The Labute approximate surface area is 126 Å². The van der Waals surface area contributed by atoms with Crippen molar-refractivity contribution in [2.75, 3.05) is 5.32 Å². The average Bonchev–Trinajstić information content (AvgIpc) is 2.85. The first-order valence-corrected chi connectivity index (χ1v) is 7.84. The van der Waals surface area contributed by atoms with Crippen molar-refractivity contribution in [1.82, 2.24) is 0 Å². The van der Waals surface area contributed by atoms with Gasteiger partial charge in [-0.1, -0.05) is 20.8 Å². The van der Waals surface area contributed by atoms with Crippen LogP contribution in [0.2, 0.25) is 0 Å². The van der Waals surface area contributed by atoms with Gasteiger partial charge < -0.3 is 10.4 Å². The number of aromatic carboxylic acids is 1. The van der Waals surface area contributed by atoms with Gasteiger partial charge in [-0.15, -0.1) is 0 Å². The molecule has 3 atom stereocenters. The number of fused-ring (bicyclic) bond motifs is 2. The lowest BCUT2D eigenvalue weighted by atomic mass is 9.68. The number of benzene rings is 1. The van der Waals surface area contributed by atoms with Crippen molar-refractivity contribution in [1.29, 1.82) is 0 Å². The van der Waals surface area contributed by atoms with Crippen LogP contribution in [-0.4, -0.2) is 17.1 Å². The average molecular weight is 287 g/mol. The Hall–Kier alpha value is -1.51. The highest BCUT2D eigenvalue weighted by Gasteiger charge is 2.59. The van der Waals surface area contributed by atoms with Crippen molar-refractivity contribution in [3.63, 3.8) is 0 Å². The molecule has 3 rings (SSSR count). The van der Waals surface area contributed by atoms with Crippen LogP contribution in [0.3, 0.4) is 0 Å². The summed E-state index contributed by atoms with van der Waals surface area (Å²) >= 11 is 0. The number of aryl methyl sites for hydroxylation is 1. The van der Waals surface area contributed by atoms with Gasteiger partial charge in [-0.05, 0) is 66.7 Å². The van der Waals surface area contributed by atoms with E-state index in [9.17, 15) is 4.79 Å². The van der Waals surface area contributed by atoms with Gasteiger partial charge in [-0.25, -0.2) is 4.79 Å². The van der Waals surface area contributed by atoms with E-state index >= 15 is 0 Å². The molecule has 21 heavy (non-hydrogen) atoms. The molecule has 1 aromatic rings. The molecule has 3 unspecified atom stereocenters. The van der Waals surface area contributed by atoms with Gasteiger partial charge in [0.15, 0.2) is 0 Å². The molecule has 2 aliphatic rings. The third-order valence-corrected chi connectivity index (χ3v) is 6.04. The lowest BCUT2D eigenvalue weighted by molar-refractivity contribution is 0.0696. The van der Waals surface area contributed by atoms with E-state index in [0.29, 0.717) is 22.4 Å². The predicted molar refractivity (Wildman–Crippen MR) is 84.8 cm³/mol. The predicted octanol–water partition coefficient (Wildman–Crippen LogP) is 4.32. The highest BCUT2D eigenvalue weighted by molar-refractivity contribution is 5.89. The fourth-order valence-corrected chi connectivity index (χ4v) is 4.82. The van der Waals surface area contributed by atoms with Crippen molar-refractivity contribution >= 4 is 11.7 Å². The highest BCUT2D eigenvalue weighted by Crippen LogP contribution is 2.63. The van der Waals surface area contributed by atoms with E-state index in [1.165, 1.54) is 19.3 Å². The molecule has 0 amide bonds. The summed E-state index contributed by atoms with van der Waals surface area (Å²) in [5.74, 6) is -0.0503. The van der Waals surface area contributed by atoms with Crippen LogP contribution in [0.1, 0.15) is 56.0 Å². The molecular weight excluding hydrogens is 262 g/mol. The standard InChI is InChI=1S/C18H25NO2/c1-11-9-13(5-6-14(11)15(20)21)19-16-17(2,3)12-7-8-18(16,4)10-12/h5-6,9,12,16,19H,7-8,10H2,1-4H3,(H,20,21). The summed E-state index contributed by atoms with van der Waals surface area (Å²) in [5.41, 5.74) is 2.92. The summed E-state index contributed by atoms with van der Waals surface area (Å²) in [7, 11) is 0. The number of anilines is 1. The van der Waals surface area contributed by atoms with E-state index in [1.807, 2.05) is 19.1 Å². The molecule has 2 saturated carbocycles. The van der Waals surface area contributed by atoms with Gasteiger partial charge in [0.05, 0.1) is 5.56 Å². The van der Waals surface area contributed by atoms with E-state index in [0.717, 1.165) is 17.2 Å². The number of hydrogen-bond acceptors (Lipinski definition) is 2. The molecule has 1 aromatic carbocycles. The van der Waals surface area contributed by atoms with Crippen molar-refractivity contribution in [3.8, 4) is 0 Å². The third kappa shape index (κ3) is 2.14. The zero-order chi connectivity index (χ0) is 15.4. The molecule has 0 aromatic heterocycles. The van der Waals surface area contributed by atoms with Crippen molar-refractivity contribution in [2.24, 2.45) is 16.7 Å². The smallest absolute Gasteiger partial charge is 0.335 e. The molecule has 2 N–H and O–H groups in total. The molecular formula is C18H25NO2. The maximum Gasteiger partial charge on any atom is 0.335 e. The molecule has 2 fully saturated rings. The molecule has 3 heteroatoms. The van der Waals surface area contributed by atoms with Gasteiger partial charge in [0.2, 0.25) is 0 Å².